The molecule has 0 aliphatic carbocycles. The number of pyridine rings is 1. The van der Waals surface area contributed by atoms with Gasteiger partial charge in [-0.15, -0.1) is 11.8 Å². The molecule has 0 aliphatic rings. The van der Waals surface area contributed by atoms with E-state index in [-0.39, 0.29) is 0 Å². The Bertz CT molecular complexity index is 591. The number of aromatic nitrogens is 3. The van der Waals surface area contributed by atoms with Crippen molar-refractivity contribution >= 4 is 34.8 Å². The Labute approximate surface area is 134 Å². The predicted octanol–water partition coefficient (Wildman–Crippen LogP) is 2.28. The van der Waals surface area contributed by atoms with Crippen LogP contribution in [0.3, 0.4) is 0 Å². The van der Waals surface area contributed by atoms with E-state index in [2.05, 4.69) is 19.9 Å². The SMILES string of the molecule is CSc1cc(N(CCC(N)=S)Cc2cccnc2)ncn1. The quantitative estimate of drug-likeness (QED) is 0.477. The van der Waals surface area contributed by atoms with Crippen molar-refractivity contribution in [1.82, 2.24) is 15.0 Å². The van der Waals surface area contributed by atoms with E-state index in [1.165, 1.54) is 0 Å². The summed E-state index contributed by atoms with van der Waals surface area (Å²) in [4.78, 5) is 15.4. The molecule has 0 bridgehead atoms. The fourth-order valence-electron chi connectivity index (χ4n) is 1.85. The van der Waals surface area contributed by atoms with Gasteiger partial charge in [0.2, 0.25) is 0 Å². The molecule has 2 rings (SSSR count). The lowest BCUT2D eigenvalue weighted by atomic mass is 10.2. The molecule has 2 N–H and O–H groups in total. The molecule has 2 heterocycles. The van der Waals surface area contributed by atoms with Crippen LogP contribution in [-0.4, -0.2) is 32.7 Å². The molecule has 0 unspecified atom stereocenters. The number of thiocarbonyl (C=S) groups is 1. The van der Waals surface area contributed by atoms with Gasteiger partial charge >= 0.3 is 0 Å². The molecule has 110 valence electrons. The number of hydrogen-bond donors (Lipinski definition) is 1. The third kappa shape index (κ3) is 4.95. The van der Waals surface area contributed by atoms with Gasteiger partial charge in [0.1, 0.15) is 17.2 Å². The molecule has 0 spiro atoms. The lowest BCUT2D eigenvalue weighted by Crippen LogP contribution is -2.28. The van der Waals surface area contributed by atoms with Gasteiger partial charge in [0.15, 0.2) is 0 Å². The number of nitrogens with zero attached hydrogens (tertiary/aromatic N) is 4. The second kappa shape index (κ2) is 7.90. The van der Waals surface area contributed by atoms with E-state index in [1.807, 2.05) is 30.7 Å². The molecule has 0 aliphatic heterocycles. The second-order valence-corrected chi connectivity index (χ2v) is 5.77. The van der Waals surface area contributed by atoms with Crippen LogP contribution in [0.25, 0.3) is 0 Å². The average molecular weight is 319 g/mol. The lowest BCUT2D eigenvalue weighted by molar-refractivity contribution is 0.780. The first-order valence-corrected chi connectivity index (χ1v) is 8.10. The molecule has 0 radical (unpaired) electrons. The normalized spacial score (nSPS) is 10.3. The number of rotatable bonds is 7. The topological polar surface area (TPSA) is 67.9 Å². The van der Waals surface area contributed by atoms with Gasteiger partial charge in [0.05, 0.1) is 4.99 Å². The molecule has 2 aromatic rings. The molecule has 2 aromatic heterocycles. The maximum atomic E-state index is 5.62. The van der Waals surface area contributed by atoms with E-state index < -0.39 is 0 Å². The molecule has 0 fully saturated rings. The summed E-state index contributed by atoms with van der Waals surface area (Å²) in [6.07, 6.45) is 7.84. The summed E-state index contributed by atoms with van der Waals surface area (Å²) in [6, 6.07) is 5.94. The zero-order valence-electron chi connectivity index (χ0n) is 11.8. The molecule has 21 heavy (non-hydrogen) atoms. The van der Waals surface area contributed by atoms with Crippen molar-refractivity contribution < 1.29 is 0 Å². The van der Waals surface area contributed by atoms with E-state index in [0.717, 1.165) is 23.0 Å². The van der Waals surface area contributed by atoms with Crippen molar-refractivity contribution in [3.8, 4) is 0 Å². The van der Waals surface area contributed by atoms with E-state index in [9.17, 15) is 0 Å². The summed E-state index contributed by atoms with van der Waals surface area (Å²) in [5.41, 5.74) is 6.74. The van der Waals surface area contributed by atoms with Crippen LogP contribution < -0.4 is 10.6 Å². The van der Waals surface area contributed by atoms with Crippen LogP contribution in [0, 0.1) is 0 Å². The van der Waals surface area contributed by atoms with Gasteiger partial charge in [-0.05, 0) is 17.9 Å². The number of nitrogens with two attached hydrogens (primary N) is 1. The van der Waals surface area contributed by atoms with Gasteiger partial charge in [-0.1, -0.05) is 18.3 Å². The first-order chi connectivity index (χ1) is 10.2. The molecule has 0 atom stereocenters. The van der Waals surface area contributed by atoms with Crippen molar-refractivity contribution in [2.45, 2.75) is 18.0 Å². The summed E-state index contributed by atoms with van der Waals surface area (Å²) >= 11 is 6.57. The van der Waals surface area contributed by atoms with E-state index in [0.29, 0.717) is 18.0 Å². The van der Waals surface area contributed by atoms with Gasteiger partial charge < -0.3 is 10.6 Å². The minimum atomic E-state index is 0.505. The summed E-state index contributed by atoms with van der Waals surface area (Å²) in [5, 5.41) is 0.937. The number of anilines is 1. The standard InChI is InChI=1S/C14H17N5S2/c1-21-14-7-13(17-10-18-14)19(6-4-12(15)20)9-11-3-2-5-16-8-11/h2-3,5,7-8,10H,4,6,9H2,1H3,(H2,15,20). The molecule has 5 nitrogen and oxygen atoms in total. The summed E-state index contributed by atoms with van der Waals surface area (Å²) < 4.78 is 0. The molecule has 0 saturated heterocycles. The Morgan fingerprint density at radius 2 is 2.29 bits per heavy atom. The molecular formula is C14H17N5S2. The van der Waals surface area contributed by atoms with Crippen LogP contribution in [0.1, 0.15) is 12.0 Å². The van der Waals surface area contributed by atoms with Gasteiger partial charge in [-0.2, -0.15) is 0 Å². The second-order valence-electron chi connectivity index (χ2n) is 4.42. The number of hydrogen-bond acceptors (Lipinski definition) is 6. The molecular weight excluding hydrogens is 302 g/mol. The highest BCUT2D eigenvalue weighted by molar-refractivity contribution is 7.98. The first-order valence-electron chi connectivity index (χ1n) is 6.47. The molecule has 7 heteroatoms. The van der Waals surface area contributed by atoms with Crippen molar-refractivity contribution in [3.05, 3.63) is 42.5 Å². The lowest BCUT2D eigenvalue weighted by Gasteiger charge is -2.23. The van der Waals surface area contributed by atoms with Gasteiger partial charge in [-0.3, -0.25) is 4.98 Å². The Hall–Kier alpha value is -1.73. The summed E-state index contributed by atoms with van der Waals surface area (Å²) in [7, 11) is 0. The molecule has 0 saturated carbocycles. The number of thioether (sulfide) groups is 1. The van der Waals surface area contributed by atoms with Crippen molar-refractivity contribution in [1.29, 1.82) is 0 Å². The van der Waals surface area contributed by atoms with Crippen molar-refractivity contribution in [2.75, 3.05) is 17.7 Å². The van der Waals surface area contributed by atoms with Gasteiger partial charge in [0.25, 0.3) is 0 Å². The Morgan fingerprint density at radius 1 is 1.43 bits per heavy atom. The maximum absolute atomic E-state index is 5.62. The van der Waals surface area contributed by atoms with E-state index >= 15 is 0 Å². The van der Waals surface area contributed by atoms with Crippen LogP contribution in [0.15, 0.2) is 41.9 Å². The maximum Gasteiger partial charge on any atom is 0.133 e. The molecule has 0 amide bonds. The summed E-state index contributed by atoms with van der Waals surface area (Å²) in [5.74, 6) is 0.870. The van der Waals surface area contributed by atoms with Crippen LogP contribution in [0.4, 0.5) is 5.82 Å². The predicted molar refractivity (Wildman–Crippen MR) is 90.5 cm³/mol. The zero-order chi connectivity index (χ0) is 15.1. The van der Waals surface area contributed by atoms with E-state index in [4.69, 9.17) is 18.0 Å². The van der Waals surface area contributed by atoms with Crippen molar-refractivity contribution in [2.24, 2.45) is 5.73 Å². The first kappa shape index (κ1) is 15.7. The Morgan fingerprint density at radius 3 is 2.95 bits per heavy atom. The third-order valence-electron chi connectivity index (χ3n) is 2.89. The Kier molecular flexibility index (Phi) is 5.89. The van der Waals surface area contributed by atoms with Crippen LogP contribution in [0.5, 0.6) is 0 Å². The minimum Gasteiger partial charge on any atom is -0.393 e. The fourth-order valence-corrected chi connectivity index (χ4v) is 2.31. The monoisotopic (exact) mass is 319 g/mol. The molecule has 0 aromatic carbocycles. The van der Waals surface area contributed by atoms with Gasteiger partial charge in [-0.25, -0.2) is 9.97 Å². The minimum absolute atomic E-state index is 0.505. The van der Waals surface area contributed by atoms with Crippen LogP contribution in [-0.2, 0) is 6.54 Å². The van der Waals surface area contributed by atoms with E-state index in [1.54, 1.807) is 24.3 Å². The largest absolute Gasteiger partial charge is 0.393 e. The zero-order valence-corrected chi connectivity index (χ0v) is 13.4. The highest BCUT2D eigenvalue weighted by atomic mass is 32.2. The summed E-state index contributed by atoms with van der Waals surface area (Å²) in [6.45, 7) is 1.43. The highest BCUT2D eigenvalue weighted by Crippen LogP contribution is 2.19. The van der Waals surface area contributed by atoms with Crippen molar-refractivity contribution in [3.63, 3.8) is 0 Å². The smallest absolute Gasteiger partial charge is 0.133 e. The average Bonchev–Trinajstić information content (AvgIpc) is 2.52. The fraction of sp³-hybridized carbons (Fsp3) is 0.286. The van der Waals surface area contributed by atoms with Gasteiger partial charge in [0, 0.05) is 38.0 Å². The third-order valence-corrected chi connectivity index (χ3v) is 3.73. The highest BCUT2D eigenvalue weighted by Gasteiger charge is 2.10. The van der Waals surface area contributed by atoms with Crippen LogP contribution >= 0.6 is 24.0 Å². The van der Waals surface area contributed by atoms with Crippen LogP contribution in [0.2, 0.25) is 0 Å². The Balaban J connectivity index is 2.20.